The zero-order valence-electron chi connectivity index (χ0n) is 16.5. The molecule has 1 saturated heterocycles. The van der Waals surface area contributed by atoms with Crippen molar-refractivity contribution in [2.24, 2.45) is 0 Å². The number of fused-ring (bicyclic) bond motifs is 1. The largest absolute Gasteiger partial charge is 0.478 e. The summed E-state index contributed by atoms with van der Waals surface area (Å²) in [6.07, 6.45) is 0.305. The van der Waals surface area contributed by atoms with Gasteiger partial charge in [0, 0.05) is 25.7 Å². The van der Waals surface area contributed by atoms with Crippen molar-refractivity contribution in [3.63, 3.8) is 0 Å². The van der Waals surface area contributed by atoms with Gasteiger partial charge in [-0.15, -0.1) is 0 Å². The average molecular weight is 447 g/mol. The molecule has 1 aromatic heterocycles. The lowest BCUT2D eigenvalue weighted by atomic mass is 10.0. The highest BCUT2D eigenvalue weighted by Gasteiger charge is 2.19. The highest BCUT2D eigenvalue weighted by atomic mass is 35.5. The predicted molar refractivity (Wildman–Crippen MR) is 116 cm³/mol. The molecule has 0 amide bonds. The number of hydrogen-bond donors (Lipinski definition) is 2. The molecule has 31 heavy (non-hydrogen) atoms. The molecule has 0 spiro atoms. The van der Waals surface area contributed by atoms with E-state index in [2.05, 4.69) is 5.32 Å². The summed E-state index contributed by atoms with van der Waals surface area (Å²) in [4.78, 5) is 26.2. The van der Waals surface area contributed by atoms with Crippen LogP contribution < -0.4 is 15.6 Å². The average Bonchev–Trinajstić information content (AvgIpc) is 2.77. The fourth-order valence-electron chi connectivity index (χ4n) is 3.54. The van der Waals surface area contributed by atoms with Gasteiger partial charge in [0.05, 0.1) is 34.9 Å². The third kappa shape index (κ3) is 4.50. The Morgan fingerprint density at radius 1 is 1.23 bits per heavy atom. The quantitative estimate of drug-likeness (QED) is 0.595. The summed E-state index contributed by atoms with van der Waals surface area (Å²) in [5.41, 5.74) is 0.773. The van der Waals surface area contributed by atoms with Gasteiger partial charge in [0.25, 0.3) is 0 Å². The monoisotopic (exact) mass is 446 g/mol. The second-order valence-corrected chi connectivity index (χ2v) is 7.55. The fraction of sp³-hybridized carbons (Fsp3) is 0.273. The highest BCUT2D eigenvalue weighted by Crippen LogP contribution is 2.26. The van der Waals surface area contributed by atoms with Crippen LogP contribution in [0.2, 0.25) is 5.02 Å². The summed E-state index contributed by atoms with van der Waals surface area (Å²) in [6, 6.07) is 8.81. The van der Waals surface area contributed by atoms with Gasteiger partial charge in [-0.3, -0.25) is 4.79 Å². The van der Waals surface area contributed by atoms with Crippen LogP contribution in [0.15, 0.2) is 45.6 Å². The maximum absolute atomic E-state index is 14.1. The van der Waals surface area contributed by atoms with E-state index in [4.69, 9.17) is 20.8 Å². The minimum Gasteiger partial charge on any atom is -0.478 e. The molecule has 2 aromatic carbocycles. The molecule has 0 saturated carbocycles. The summed E-state index contributed by atoms with van der Waals surface area (Å²) >= 11 is 5.81. The van der Waals surface area contributed by atoms with E-state index in [0.29, 0.717) is 49.8 Å². The van der Waals surface area contributed by atoms with E-state index in [9.17, 15) is 19.1 Å². The minimum atomic E-state index is -1.14. The summed E-state index contributed by atoms with van der Waals surface area (Å²) in [6.45, 7) is 2.52. The first-order valence-electron chi connectivity index (χ1n) is 9.78. The molecule has 162 valence electrons. The van der Waals surface area contributed by atoms with Gasteiger partial charge in [0.1, 0.15) is 5.58 Å². The molecule has 0 radical (unpaired) electrons. The molecule has 9 heteroatoms. The molecule has 3 aromatic rings. The molecule has 7 nitrogen and oxygen atoms in total. The minimum absolute atomic E-state index is 0.00414. The summed E-state index contributed by atoms with van der Waals surface area (Å²) in [5, 5.41) is 12.6. The van der Waals surface area contributed by atoms with Crippen LogP contribution in [0.1, 0.15) is 15.9 Å². The number of nitrogens with one attached hydrogen (secondary N) is 1. The topological polar surface area (TPSA) is 92.0 Å². The van der Waals surface area contributed by atoms with Gasteiger partial charge in [-0.25, -0.2) is 9.18 Å². The molecule has 0 atom stereocenters. The summed E-state index contributed by atoms with van der Waals surface area (Å²) in [7, 11) is 0. The van der Waals surface area contributed by atoms with E-state index in [1.54, 1.807) is 12.1 Å². The van der Waals surface area contributed by atoms with E-state index < -0.39 is 11.8 Å². The molecule has 1 aliphatic heterocycles. The Bertz CT molecular complexity index is 1190. The number of morpholine rings is 1. The lowest BCUT2D eigenvalue weighted by Gasteiger charge is -2.27. The van der Waals surface area contributed by atoms with Gasteiger partial charge in [0.15, 0.2) is 17.1 Å². The van der Waals surface area contributed by atoms with Crippen LogP contribution in [0.5, 0.6) is 0 Å². The van der Waals surface area contributed by atoms with Crippen LogP contribution in [0.4, 0.5) is 16.0 Å². The SMILES string of the molecule is O=C(O)c1cc(CCNc2cccc(Cl)c2F)c2oc(N3CCOCC3)cc(=O)c2c1. The first-order chi connectivity index (χ1) is 14.9. The van der Waals surface area contributed by atoms with Crippen molar-refractivity contribution in [3.05, 3.63) is 68.6 Å². The third-order valence-corrected chi connectivity index (χ3v) is 5.42. The second kappa shape index (κ2) is 8.95. The van der Waals surface area contributed by atoms with Crippen LogP contribution in [0.3, 0.4) is 0 Å². The standard InChI is InChI=1S/C22H20ClFN2O5/c23-16-2-1-3-17(20(16)24)25-5-4-13-10-14(22(28)29)11-15-18(27)12-19(31-21(13)15)26-6-8-30-9-7-26/h1-3,10-12,25H,4-9H2,(H,28,29). The van der Waals surface area contributed by atoms with Crippen molar-refractivity contribution in [2.45, 2.75) is 6.42 Å². The first-order valence-corrected chi connectivity index (χ1v) is 10.2. The first kappa shape index (κ1) is 21.1. The van der Waals surface area contributed by atoms with Gasteiger partial charge in [-0.05, 0) is 36.2 Å². The zero-order valence-corrected chi connectivity index (χ0v) is 17.2. The number of rotatable bonds is 6. The van der Waals surface area contributed by atoms with Crippen molar-refractivity contribution in [2.75, 3.05) is 43.1 Å². The Kier molecular flexibility index (Phi) is 6.11. The molecule has 1 fully saturated rings. The van der Waals surface area contributed by atoms with Crippen molar-refractivity contribution in [3.8, 4) is 0 Å². The molecule has 1 aliphatic rings. The summed E-state index contributed by atoms with van der Waals surface area (Å²) in [5.74, 6) is -1.29. The Labute approximate surface area is 182 Å². The Morgan fingerprint density at radius 2 is 2.00 bits per heavy atom. The third-order valence-electron chi connectivity index (χ3n) is 5.12. The number of carbonyl (C=O) groups is 1. The predicted octanol–water partition coefficient (Wildman–Crippen LogP) is 3.77. The van der Waals surface area contributed by atoms with Crippen molar-refractivity contribution >= 4 is 40.1 Å². The fourth-order valence-corrected chi connectivity index (χ4v) is 3.71. The van der Waals surface area contributed by atoms with Crippen LogP contribution in [-0.4, -0.2) is 43.9 Å². The maximum Gasteiger partial charge on any atom is 0.335 e. The highest BCUT2D eigenvalue weighted by molar-refractivity contribution is 6.31. The van der Waals surface area contributed by atoms with Gasteiger partial charge in [-0.1, -0.05) is 17.7 Å². The number of ether oxygens (including phenoxy) is 1. The molecular formula is C22H20ClFN2O5. The van der Waals surface area contributed by atoms with E-state index in [-0.39, 0.29) is 33.6 Å². The van der Waals surface area contributed by atoms with Crippen molar-refractivity contribution in [1.82, 2.24) is 0 Å². The normalized spacial score (nSPS) is 14.1. The Balaban J connectivity index is 1.69. The number of aromatic carboxylic acids is 1. The van der Waals surface area contributed by atoms with Gasteiger partial charge in [-0.2, -0.15) is 0 Å². The molecule has 0 bridgehead atoms. The van der Waals surface area contributed by atoms with Crippen molar-refractivity contribution < 1.29 is 23.4 Å². The van der Waals surface area contributed by atoms with Gasteiger partial charge >= 0.3 is 5.97 Å². The number of halogens is 2. The van der Waals surface area contributed by atoms with E-state index >= 15 is 0 Å². The Hall–Kier alpha value is -3.10. The number of carboxylic acid groups (broad SMARTS) is 1. The Morgan fingerprint density at radius 3 is 2.74 bits per heavy atom. The van der Waals surface area contributed by atoms with Crippen LogP contribution in [0, 0.1) is 5.82 Å². The molecule has 4 rings (SSSR count). The molecular weight excluding hydrogens is 427 g/mol. The van der Waals surface area contributed by atoms with Crippen LogP contribution >= 0.6 is 11.6 Å². The molecule has 2 heterocycles. The maximum atomic E-state index is 14.1. The van der Waals surface area contributed by atoms with Crippen molar-refractivity contribution in [1.29, 1.82) is 0 Å². The number of anilines is 2. The number of carboxylic acids is 1. The number of benzene rings is 2. The zero-order chi connectivity index (χ0) is 22.0. The summed E-state index contributed by atoms with van der Waals surface area (Å²) < 4.78 is 25.5. The molecule has 2 N–H and O–H groups in total. The van der Waals surface area contributed by atoms with Crippen LogP contribution in [-0.2, 0) is 11.2 Å². The van der Waals surface area contributed by atoms with E-state index in [0.717, 1.165) is 0 Å². The number of hydrogen-bond acceptors (Lipinski definition) is 6. The van der Waals surface area contributed by atoms with Crippen LogP contribution in [0.25, 0.3) is 11.0 Å². The second-order valence-electron chi connectivity index (χ2n) is 7.14. The van der Waals surface area contributed by atoms with Gasteiger partial charge < -0.3 is 24.5 Å². The lowest BCUT2D eigenvalue weighted by Crippen LogP contribution is -2.36. The van der Waals surface area contributed by atoms with E-state index in [1.807, 2.05) is 4.90 Å². The van der Waals surface area contributed by atoms with Gasteiger partial charge in [0.2, 0.25) is 0 Å². The molecule has 0 aliphatic carbocycles. The van der Waals surface area contributed by atoms with E-state index in [1.165, 1.54) is 24.3 Å². The molecule has 0 unspecified atom stereocenters. The smallest absolute Gasteiger partial charge is 0.335 e. The lowest BCUT2D eigenvalue weighted by molar-refractivity contribution is 0.0697. The number of nitrogens with zero attached hydrogens (tertiary/aromatic N) is 1.